The lowest BCUT2D eigenvalue weighted by atomic mass is 9.99. The van der Waals surface area contributed by atoms with Crippen LogP contribution in [0.25, 0.3) is 21.8 Å². The van der Waals surface area contributed by atoms with E-state index in [0.29, 0.717) is 17.7 Å². The van der Waals surface area contributed by atoms with E-state index in [1.54, 1.807) is 18.2 Å². The van der Waals surface area contributed by atoms with E-state index in [4.69, 9.17) is 15.0 Å². The van der Waals surface area contributed by atoms with Crippen molar-refractivity contribution in [3.05, 3.63) is 101 Å². The van der Waals surface area contributed by atoms with Crippen LogP contribution in [0.3, 0.4) is 0 Å². The van der Waals surface area contributed by atoms with Gasteiger partial charge in [0.15, 0.2) is 11.1 Å². The molecule has 0 aliphatic carbocycles. The molecule has 4 N–H and O–H groups in total. The molecule has 3 aromatic carbocycles. The minimum absolute atomic E-state index is 0.310. The smallest absolute Gasteiger partial charge is 0.443 e. The molecule has 38 heavy (non-hydrogen) atoms. The summed E-state index contributed by atoms with van der Waals surface area (Å²) in [6.07, 6.45) is 3.61. The molecule has 0 unspecified atom stereocenters. The lowest BCUT2D eigenvalue weighted by Gasteiger charge is -2.12. The number of pyridine rings is 2. The lowest BCUT2D eigenvalue weighted by Crippen LogP contribution is -2.12. The Bertz CT molecular complexity index is 1640. The van der Waals surface area contributed by atoms with Crippen LogP contribution in [0.1, 0.15) is 27.8 Å². The number of hydrogen-bond acceptors (Lipinski definition) is 7. The van der Waals surface area contributed by atoms with Crippen molar-refractivity contribution in [1.29, 1.82) is 0 Å². The highest BCUT2D eigenvalue weighted by atomic mass is 31.2. The van der Waals surface area contributed by atoms with Crippen molar-refractivity contribution >= 4 is 40.9 Å². The Labute approximate surface area is 222 Å². The van der Waals surface area contributed by atoms with Gasteiger partial charge in [0.05, 0.1) is 12.6 Å². The fourth-order valence-corrected chi connectivity index (χ4v) is 5.44. The molecule has 5 aromatic rings. The molecule has 0 amide bonds. The first-order chi connectivity index (χ1) is 18.2. The van der Waals surface area contributed by atoms with Crippen LogP contribution in [-0.2, 0) is 24.0 Å². The predicted molar refractivity (Wildman–Crippen MR) is 154 cm³/mol. The monoisotopic (exact) mass is 528 g/mol. The van der Waals surface area contributed by atoms with Crippen LogP contribution in [0.15, 0.2) is 72.9 Å². The van der Waals surface area contributed by atoms with Gasteiger partial charge in [-0.2, -0.15) is 14.3 Å². The van der Waals surface area contributed by atoms with Gasteiger partial charge in [0.25, 0.3) is 0 Å². The van der Waals surface area contributed by atoms with E-state index in [1.165, 1.54) is 12.7 Å². The molecule has 8 heteroatoms. The molecule has 0 radical (unpaired) electrons. The molecule has 0 spiro atoms. The zero-order chi connectivity index (χ0) is 26.9. The van der Waals surface area contributed by atoms with Gasteiger partial charge in [0.2, 0.25) is 0 Å². The summed E-state index contributed by atoms with van der Waals surface area (Å²) in [7, 11) is -2.26. The maximum Gasteiger partial charge on any atom is 0.443 e. The number of anilines is 1. The second kappa shape index (κ2) is 10.6. The SMILES string of the molecule is CO[P+](O)(O)c1cccc(COc2ccc(CCc3cnc4c(N)nc5cc(C)ccc5c4c3)c(C)c2)c1. The second-order valence-corrected chi connectivity index (χ2v) is 11.5. The highest BCUT2D eigenvalue weighted by Crippen LogP contribution is 2.48. The quantitative estimate of drug-likeness (QED) is 0.184. The van der Waals surface area contributed by atoms with Gasteiger partial charge in [-0.1, -0.05) is 30.3 Å². The summed E-state index contributed by atoms with van der Waals surface area (Å²) in [6, 6.07) is 21.5. The van der Waals surface area contributed by atoms with Crippen LogP contribution in [0, 0.1) is 13.8 Å². The zero-order valence-electron chi connectivity index (χ0n) is 21.7. The third-order valence-corrected chi connectivity index (χ3v) is 8.24. The van der Waals surface area contributed by atoms with Crippen molar-refractivity contribution in [3.63, 3.8) is 0 Å². The van der Waals surface area contributed by atoms with Crippen molar-refractivity contribution in [2.45, 2.75) is 33.3 Å². The molecule has 0 bridgehead atoms. The number of nitrogens with two attached hydrogens (primary N) is 1. The standard InChI is InChI=1S/C30H31N3O4P/c1-19-7-12-26-27-16-21(17-32-29(27)30(31)33-28(26)13-19)8-9-23-10-11-24(14-20(23)2)37-18-22-5-4-6-25(15-22)38(34,35)36-3/h4-7,10-17,34-35H,8-9,18H2,1-3H3,(H2,31,33)/q+1. The number of benzene rings is 3. The fraction of sp³-hybridized carbons (Fsp3) is 0.200. The van der Waals surface area contributed by atoms with Crippen LogP contribution < -0.4 is 15.8 Å². The Balaban J connectivity index is 1.28. The topological polar surface area (TPSA) is 111 Å². The highest BCUT2D eigenvalue weighted by molar-refractivity contribution is 7.67. The Hall–Kier alpha value is -3.61. The maximum absolute atomic E-state index is 10.0. The van der Waals surface area contributed by atoms with E-state index in [0.717, 1.165) is 62.7 Å². The summed E-state index contributed by atoms with van der Waals surface area (Å²) in [6.45, 7) is 4.44. The molecule has 0 fully saturated rings. The van der Waals surface area contributed by atoms with Crippen molar-refractivity contribution in [1.82, 2.24) is 9.97 Å². The molecule has 2 aromatic heterocycles. The first-order valence-corrected chi connectivity index (χ1v) is 14.0. The van der Waals surface area contributed by atoms with E-state index >= 15 is 0 Å². The van der Waals surface area contributed by atoms with Crippen LogP contribution in [-0.4, -0.2) is 26.9 Å². The largest absolute Gasteiger partial charge is 0.489 e. The number of nitrogen functional groups attached to an aromatic ring is 1. The second-order valence-electron chi connectivity index (χ2n) is 9.53. The normalized spacial score (nSPS) is 11.8. The average molecular weight is 529 g/mol. The Morgan fingerprint density at radius 3 is 2.53 bits per heavy atom. The van der Waals surface area contributed by atoms with Crippen molar-refractivity contribution in [2.24, 2.45) is 0 Å². The van der Waals surface area contributed by atoms with Crippen LogP contribution in [0.5, 0.6) is 5.75 Å². The number of nitrogens with zero attached hydrogens (tertiary/aromatic N) is 2. The van der Waals surface area contributed by atoms with Crippen molar-refractivity contribution in [2.75, 3.05) is 12.8 Å². The van der Waals surface area contributed by atoms with E-state index in [2.05, 4.69) is 47.2 Å². The predicted octanol–water partition coefficient (Wildman–Crippen LogP) is 5.37. The fourth-order valence-electron chi connectivity index (χ4n) is 4.62. The van der Waals surface area contributed by atoms with E-state index < -0.39 is 7.94 Å². The molecule has 7 nitrogen and oxygen atoms in total. The summed E-state index contributed by atoms with van der Waals surface area (Å²) in [4.78, 5) is 29.2. The molecule has 0 saturated carbocycles. The number of hydrogen-bond donors (Lipinski definition) is 3. The summed E-state index contributed by atoms with van der Waals surface area (Å²) in [5.41, 5.74) is 13.3. The number of rotatable bonds is 8. The van der Waals surface area contributed by atoms with Gasteiger partial charge in [-0.25, -0.2) is 4.98 Å². The molecule has 5 rings (SSSR count). The van der Waals surface area contributed by atoms with Gasteiger partial charge in [0.1, 0.15) is 17.9 Å². The van der Waals surface area contributed by atoms with Gasteiger partial charge in [-0.3, -0.25) is 4.98 Å². The Kier molecular flexibility index (Phi) is 7.28. The van der Waals surface area contributed by atoms with Crippen LogP contribution >= 0.6 is 7.94 Å². The van der Waals surface area contributed by atoms with Crippen molar-refractivity contribution in [3.8, 4) is 5.75 Å². The third kappa shape index (κ3) is 5.47. The summed E-state index contributed by atoms with van der Waals surface area (Å²) in [5, 5.41) is 2.45. The summed E-state index contributed by atoms with van der Waals surface area (Å²) in [5.74, 6) is 1.21. The maximum atomic E-state index is 10.0. The Morgan fingerprint density at radius 1 is 0.895 bits per heavy atom. The van der Waals surface area contributed by atoms with Crippen molar-refractivity contribution < 1.29 is 19.0 Å². The third-order valence-electron chi connectivity index (χ3n) is 6.78. The molecule has 0 saturated heterocycles. The number of aryl methyl sites for hydroxylation is 4. The minimum Gasteiger partial charge on any atom is -0.489 e. The van der Waals surface area contributed by atoms with Gasteiger partial charge < -0.3 is 10.5 Å². The first kappa shape index (κ1) is 26.0. The highest BCUT2D eigenvalue weighted by Gasteiger charge is 2.37. The zero-order valence-corrected chi connectivity index (χ0v) is 22.6. The van der Waals surface area contributed by atoms with Crippen LogP contribution in [0.4, 0.5) is 5.82 Å². The van der Waals surface area contributed by atoms with Gasteiger partial charge in [0, 0.05) is 17.0 Å². The van der Waals surface area contributed by atoms with Gasteiger partial charge in [-0.15, -0.1) is 0 Å². The molecule has 2 heterocycles. The number of aromatic nitrogens is 2. The molecule has 0 atom stereocenters. The van der Waals surface area contributed by atoms with Gasteiger partial charge in [-0.05, 0) is 90.9 Å². The number of ether oxygens (including phenoxy) is 1. The van der Waals surface area contributed by atoms with E-state index in [1.807, 2.05) is 31.3 Å². The van der Waals surface area contributed by atoms with E-state index in [-0.39, 0.29) is 0 Å². The summed E-state index contributed by atoms with van der Waals surface area (Å²) < 4.78 is 10.8. The molecular formula is C30H31N3O4P+. The first-order valence-electron chi connectivity index (χ1n) is 12.4. The minimum atomic E-state index is -3.55. The average Bonchev–Trinajstić information content (AvgIpc) is 2.91. The summed E-state index contributed by atoms with van der Waals surface area (Å²) >= 11 is 0. The molecule has 194 valence electrons. The van der Waals surface area contributed by atoms with E-state index in [9.17, 15) is 9.79 Å². The molecular weight excluding hydrogens is 497 g/mol. The lowest BCUT2D eigenvalue weighted by molar-refractivity contribution is 0.291. The van der Waals surface area contributed by atoms with Gasteiger partial charge >= 0.3 is 7.94 Å². The molecule has 0 aliphatic rings. The Morgan fingerprint density at radius 2 is 1.74 bits per heavy atom. The molecule has 0 aliphatic heterocycles. The number of fused-ring (bicyclic) bond motifs is 3. The van der Waals surface area contributed by atoms with Crippen LogP contribution in [0.2, 0.25) is 0 Å².